The first-order valence-electron chi connectivity index (χ1n) is 6.11. The maximum atomic E-state index is 12.2. The van der Waals surface area contributed by atoms with Gasteiger partial charge >= 0.3 is 0 Å². The quantitative estimate of drug-likeness (QED) is 0.783. The minimum Gasteiger partial charge on any atom is -0.351 e. The Hall–Kier alpha value is -0.880. The number of aromatic nitrogens is 1. The molecule has 21 heavy (non-hydrogen) atoms. The Labute approximate surface area is 145 Å². The Morgan fingerprint density at radius 2 is 1.95 bits per heavy atom. The number of nitrogens with one attached hydrogen (secondary N) is 2. The zero-order chi connectivity index (χ0) is 13.8. The largest absolute Gasteiger partial charge is 0.351 e. The summed E-state index contributed by atoms with van der Waals surface area (Å²) in [5, 5.41) is 6.75. The molecular formula is C14H18BrCl2N3O. The molecule has 2 aromatic rings. The van der Waals surface area contributed by atoms with E-state index in [2.05, 4.69) is 31.5 Å². The number of likely N-dealkylation sites (N-methyl/N-ethyl adjacent to an activating group) is 1. The summed E-state index contributed by atoms with van der Waals surface area (Å²) in [7, 11) is 1.86. The maximum Gasteiger partial charge on any atom is 0.252 e. The number of carbonyl (C=O) groups is 1. The lowest BCUT2D eigenvalue weighted by Crippen LogP contribution is -2.30. The van der Waals surface area contributed by atoms with E-state index in [1.807, 2.05) is 38.2 Å². The maximum absolute atomic E-state index is 12.2. The van der Waals surface area contributed by atoms with Gasteiger partial charge in [-0.3, -0.25) is 9.78 Å². The summed E-state index contributed by atoms with van der Waals surface area (Å²) in [4.78, 5) is 16.7. The number of fused-ring (bicyclic) bond motifs is 1. The van der Waals surface area contributed by atoms with Crippen molar-refractivity contribution in [2.75, 3.05) is 20.1 Å². The van der Waals surface area contributed by atoms with Crippen molar-refractivity contribution in [1.29, 1.82) is 0 Å². The van der Waals surface area contributed by atoms with Crippen molar-refractivity contribution < 1.29 is 4.79 Å². The van der Waals surface area contributed by atoms with Gasteiger partial charge in [-0.25, -0.2) is 0 Å². The minimum absolute atomic E-state index is 0. The Balaban J connectivity index is 0.00000200. The number of carbonyl (C=O) groups excluding carboxylic acids is 1. The highest BCUT2D eigenvalue weighted by molar-refractivity contribution is 9.10. The summed E-state index contributed by atoms with van der Waals surface area (Å²) in [6, 6.07) is 7.59. The van der Waals surface area contributed by atoms with Gasteiger partial charge in [-0.15, -0.1) is 24.8 Å². The summed E-state index contributed by atoms with van der Waals surface area (Å²) in [5.41, 5.74) is 2.34. The number of halogens is 3. The van der Waals surface area contributed by atoms with Crippen molar-refractivity contribution in [2.24, 2.45) is 0 Å². The predicted molar refractivity (Wildman–Crippen MR) is 94.9 cm³/mol. The predicted octanol–water partition coefficient (Wildman–Crippen LogP) is 3.10. The fourth-order valence-electron chi connectivity index (χ4n) is 1.91. The van der Waals surface area contributed by atoms with Crippen molar-refractivity contribution in [3.63, 3.8) is 0 Å². The van der Waals surface area contributed by atoms with Crippen LogP contribution in [0, 0.1) is 6.92 Å². The van der Waals surface area contributed by atoms with Gasteiger partial charge < -0.3 is 10.6 Å². The molecule has 0 aliphatic heterocycles. The molecule has 2 rings (SSSR count). The van der Waals surface area contributed by atoms with Crippen LogP contribution in [0.3, 0.4) is 0 Å². The van der Waals surface area contributed by atoms with Gasteiger partial charge in [0.25, 0.3) is 5.91 Å². The number of amides is 1. The zero-order valence-corrected chi connectivity index (χ0v) is 15.0. The summed E-state index contributed by atoms with van der Waals surface area (Å²) in [6.07, 6.45) is 0. The number of pyridine rings is 1. The minimum atomic E-state index is -0.0659. The molecule has 2 N–H and O–H groups in total. The third-order valence-electron chi connectivity index (χ3n) is 2.80. The Morgan fingerprint density at radius 3 is 2.62 bits per heavy atom. The molecule has 116 valence electrons. The number of rotatable bonds is 4. The van der Waals surface area contributed by atoms with E-state index in [1.165, 1.54) is 0 Å². The Morgan fingerprint density at radius 1 is 1.24 bits per heavy atom. The van der Waals surface area contributed by atoms with E-state index in [0.29, 0.717) is 12.1 Å². The van der Waals surface area contributed by atoms with E-state index in [4.69, 9.17) is 0 Å². The van der Waals surface area contributed by atoms with E-state index in [0.717, 1.165) is 27.6 Å². The van der Waals surface area contributed by atoms with Crippen LogP contribution < -0.4 is 10.6 Å². The van der Waals surface area contributed by atoms with Crippen molar-refractivity contribution in [3.05, 3.63) is 40.0 Å². The second kappa shape index (κ2) is 9.20. The first kappa shape index (κ1) is 20.1. The fraction of sp³-hybridized carbons (Fsp3) is 0.286. The molecule has 0 atom stereocenters. The van der Waals surface area contributed by atoms with Crippen LogP contribution in [-0.4, -0.2) is 31.0 Å². The molecule has 0 spiro atoms. The molecule has 0 aliphatic carbocycles. The lowest BCUT2D eigenvalue weighted by Gasteiger charge is -2.09. The van der Waals surface area contributed by atoms with Gasteiger partial charge in [0.1, 0.15) is 0 Å². The van der Waals surface area contributed by atoms with Crippen LogP contribution in [0.15, 0.2) is 28.7 Å². The molecule has 0 saturated heterocycles. The van der Waals surface area contributed by atoms with Crippen LogP contribution in [-0.2, 0) is 0 Å². The number of benzene rings is 1. The van der Waals surface area contributed by atoms with E-state index < -0.39 is 0 Å². The first-order chi connectivity index (χ1) is 9.11. The standard InChI is InChI=1S/C14H16BrN3O.2ClH/c1-9-7-12(14(19)17-6-5-16-2)11-8-10(15)3-4-13(11)18-9;;/h3-4,7-8,16H,5-6H2,1-2H3,(H,17,19);2*1H. The summed E-state index contributed by atoms with van der Waals surface area (Å²) in [6.45, 7) is 3.25. The second-order valence-electron chi connectivity index (χ2n) is 4.33. The third-order valence-corrected chi connectivity index (χ3v) is 3.30. The van der Waals surface area contributed by atoms with Crippen LogP contribution >= 0.6 is 40.7 Å². The van der Waals surface area contributed by atoms with Gasteiger partial charge in [0.05, 0.1) is 11.1 Å². The molecule has 0 saturated carbocycles. The molecular weight excluding hydrogens is 377 g/mol. The Bertz CT molecular complexity index is 622. The van der Waals surface area contributed by atoms with Gasteiger partial charge in [-0.1, -0.05) is 15.9 Å². The molecule has 1 heterocycles. The lowest BCUT2D eigenvalue weighted by molar-refractivity contribution is 0.0955. The number of hydrogen-bond donors (Lipinski definition) is 2. The number of hydrogen-bond acceptors (Lipinski definition) is 3. The van der Waals surface area contributed by atoms with Crippen LogP contribution in [0.1, 0.15) is 16.1 Å². The first-order valence-corrected chi connectivity index (χ1v) is 6.91. The fourth-order valence-corrected chi connectivity index (χ4v) is 2.28. The average molecular weight is 395 g/mol. The summed E-state index contributed by atoms with van der Waals surface area (Å²) < 4.78 is 0.940. The average Bonchev–Trinajstić information content (AvgIpc) is 2.38. The molecule has 1 aromatic carbocycles. The van der Waals surface area contributed by atoms with Crippen LogP contribution in [0.5, 0.6) is 0 Å². The van der Waals surface area contributed by atoms with Crippen LogP contribution in [0.25, 0.3) is 10.9 Å². The van der Waals surface area contributed by atoms with Crippen LogP contribution in [0.2, 0.25) is 0 Å². The molecule has 1 amide bonds. The van der Waals surface area contributed by atoms with E-state index in [9.17, 15) is 4.79 Å². The van der Waals surface area contributed by atoms with Crippen molar-refractivity contribution in [3.8, 4) is 0 Å². The van der Waals surface area contributed by atoms with Crippen molar-refractivity contribution in [2.45, 2.75) is 6.92 Å². The molecule has 0 fully saturated rings. The summed E-state index contributed by atoms with van der Waals surface area (Å²) in [5.74, 6) is -0.0659. The molecule has 0 radical (unpaired) electrons. The molecule has 1 aromatic heterocycles. The van der Waals surface area contributed by atoms with Gasteiger partial charge in [0.2, 0.25) is 0 Å². The normalized spacial score (nSPS) is 9.67. The van der Waals surface area contributed by atoms with Gasteiger partial charge in [0, 0.05) is 28.6 Å². The molecule has 0 aliphatic rings. The molecule has 0 bridgehead atoms. The van der Waals surface area contributed by atoms with E-state index in [1.54, 1.807) is 0 Å². The SMILES string of the molecule is CNCCNC(=O)c1cc(C)nc2ccc(Br)cc12.Cl.Cl. The number of aryl methyl sites for hydroxylation is 1. The van der Waals surface area contributed by atoms with E-state index in [-0.39, 0.29) is 30.7 Å². The molecule has 4 nitrogen and oxygen atoms in total. The molecule has 0 unspecified atom stereocenters. The van der Waals surface area contributed by atoms with Crippen molar-refractivity contribution in [1.82, 2.24) is 15.6 Å². The monoisotopic (exact) mass is 393 g/mol. The van der Waals surface area contributed by atoms with E-state index >= 15 is 0 Å². The van der Waals surface area contributed by atoms with Crippen molar-refractivity contribution >= 4 is 57.6 Å². The van der Waals surface area contributed by atoms with Gasteiger partial charge in [0.15, 0.2) is 0 Å². The van der Waals surface area contributed by atoms with Gasteiger partial charge in [-0.2, -0.15) is 0 Å². The highest BCUT2D eigenvalue weighted by Gasteiger charge is 2.11. The van der Waals surface area contributed by atoms with Crippen LogP contribution in [0.4, 0.5) is 0 Å². The lowest BCUT2D eigenvalue weighted by atomic mass is 10.1. The topological polar surface area (TPSA) is 54.0 Å². The second-order valence-corrected chi connectivity index (χ2v) is 5.25. The summed E-state index contributed by atoms with van der Waals surface area (Å²) >= 11 is 3.43. The number of nitrogens with zero attached hydrogens (tertiary/aromatic N) is 1. The highest BCUT2D eigenvalue weighted by Crippen LogP contribution is 2.22. The zero-order valence-electron chi connectivity index (χ0n) is 11.8. The highest BCUT2D eigenvalue weighted by atomic mass is 79.9. The third kappa shape index (κ3) is 5.11. The van der Waals surface area contributed by atoms with Gasteiger partial charge in [-0.05, 0) is 38.2 Å². The Kier molecular flexibility index (Phi) is 8.82. The molecule has 7 heteroatoms. The smallest absolute Gasteiger partial charge is 0.252 e.